The number of hydrogen-bond acceptors (Lipinski definition) is 4. The van der Waals surface area contributed by atoms with Crippen molar-refractivity contribution in [1.82, 2.24) is 4.98 Å². The molecule has 5 nitrogen and oxygen atoms in total. The van der Waals surface area contributed by atoms with Gasteiger partial charge in [0.05, 0.1) is 37.4 Å². The van der Waals surface area contributed by atoms with Crippen LogP contribution in [0.15, 0.2) is 48.5 Å². The Bertz CT molecular complexity index is 847. The summed E-state index contributed by atoms with van der Waals surface area (Å²) in [5.41, 5.74) is 0.904. The number of aromatic nitrogens is 1. The first-order chi connectivity index (χ1) is 12.5. The number of carbonyl (C=O) groups excluding carboxylic acids is 1. The Balaban J connectivity index is 1.75. The second-order valence-electron chi connectivity index (χ2n) is 6.21. The van der Waals surface area contributed by atoms with Crippen LogP contribution < -0.4 is 14.5 Å². The average molecular weight is 391 g/mol. The van der Waals surface area contributed by atoms with Crippen molar-refractivity contribution in [3.8, 4) is 5.75 Å². The number of nitrogens with one attached hydrogen (secondary N) is 1. The van der Waals surface area contributed by atoms with Crippen molar-refractivity contribution >= 4 is 44.2 Å². The number of rotatable bonds is 7. The summed E-state index contributed by atoms with van der Waals surface area (Å²) in [5.74, 6) is 0.505. The molecule has 3 aromatic rings. The van der Waals surface area contributed by atoms with E-state index < -0.39 is 0 Å². The zero-order valence-electron chi connectivity index (χ0n) is 14.7. The third-order valence-electron chi connectivity index (χ3n) is 3.83. The molecule has 136 valence electrons. The summed E-state index contributed by atoms with van der Waals surface area (Å²) < 4.78 is 6.69. The molecular weight excluding hydrogens is 370 g/mol. The van der Waals surface area contributed by atoms with Gasteiger partial charge in [-0.1, -0.05) is 35.1 Å². The lowest BCUT2D eigenvalue weighted by atomic mass is 10.3. The molecule has 1 N–H and O–H groups in total. The number of halogens is 1. The van der Waals surface area contributed by atoms with Crippen LogP contribution in [0.2, 0.25) is 5.02 Å². The average Bonchev–Trinajstić information content (AvgIpc) is 3.05. The number of ether oxygens (including phenoxy) is 1. The van der Waals surface area contributed by atoms with Crippen molar-refractivity contribution in [3.63, 3.8) is 0 Å². The van der Waals surface area contributed by atoms with Crippen molar-refractivity contribution in [1.29, 1.82) is 0 Å². The molecule has 1 amide bonds. The number of anilines is 1. The zero-order valence-corrected chi connectivity index (χ0v) is 16.3. The third kappa shape index (κ3) is 4.72. The molecule has 0 spiro atoms. The predicted molar refractivity (Wildman–Crippen MR) is 107 cm³/mol. The molecule has 0 atom stereocenters. The number of para-hydroxylation sites is 1. The van der Waals surface area contributed by atoms with Gasteiger partial charge < -0.3 is 9.64 Å². The smallest absolute Gasteiger partial charge is 0.266 e. The number of amides is 1. The van der Waals surface area contributed by atoms with Crippen molar-refractivity contribution in [2.75, 3.05) is 38.7 Å². The van der Waals surface area contributed by atoms with E-state index in [1.807, 2.05) is 24.3 Å². The standard InChI is InChI=1S/C19H20ClN3O2S/c1-22(2)11-12-23(19-21-16-5-3-4-6-17(16)26-19)18(24)13-25-15-9-7-14(20)8-10-15/h3-10H,11-13H2,1-2H3/p+1. The SMILES string of the molecule is C[NH+](C)CCN(C(=O)COc1ccc(Cl)cc1)c1nc2ccccc2s1. The fraction of sp³-hybridized carbons (Fsp3) is 0.263. The minimum absolute atomic E-state index is 0.0413. The highest BCUT2D eigenvalue weighted by atomic mass is 35.5. The number of nitrogens with zero attached hydrogens (tertiary/aromatic N) is 2. The second kappa shape index (κ2) is 8.49. The van der Waals surface area contributed by atoms with Gasteiger partial charge in [-0.2, -0.15) is 0 Å². The lowest BCUT2D eigenvalue weighted by molar-refractivity contribution is -0.856. The first-order valence-electron chi connectivity index (χ1n) is 8.36. The van der Waals surface area contributed by atoms with Crippen LogP contribution in [0.5, 0.6) is 5.75 Å². The summed E-state index contributed by atoms with van der Waals surface area (Å²) in [6, 6.07) is 14.9. The fourth-order valence-electron chi connectivity index (χ4n) is 2.39. The summed E-state index contributed by atoms with van der Waals surface area (Å²) in [6.45, 7) is 1.37. The Morgan fingerprint density at radius 2 is 1.92 bits per heavy atom. The van der Waals surface area contributed by atoms with Gasteiger partial charge in [0.15, 0.2) is 11.7 Å². The number of benzene rings is 2. The molecule has 0 radical (unpaired) electrons. The zero-order chi connectivity index (χ0) is 18.5. The van der Waals surface area contributed by atoms with E-state index in [2.05, 4.69) is 19.1 Å². The Morgan fingerprint density at radius 1 is 1.19 bits per heavy atom. The summed E-state index contributed by atoms with van der Waals surface area (Å²) in [6.07, 6.45) is 0. The maximum atomic E-state index is 12.8. The molecule has 0 fully saturated rings. The monoisotopic (exact) mass is 390 g/mol. The van der Waals surface area contributed by atoms with Crippen molar-refractivity contribution in [2.24, 2.45) is 0 Å². The minimum atomic E-state index is -0.111. The maximum absolute atomic E-state index is 12.8. The number of quaternary nitrogens is 1. The lowest BCUT2D eigenvalue weighted by Gasteiger charge is -2.20. The number of carbonyl (C=O) groups is 1. The number of fused-ring (bicyclic) bond motifs is 1. The lowest BCUT2D eigenvalue weighted by Crippen LogP contribution is -3.06. The van der Waals surface area contributed by atoms with E-state index in [1.54, 1.807) is 29.2 Å². The van der Waals surface area contributed by atoms with E-state index in [0.29, 0.717) is 22.4 Å². The van der Waals surface area contributed by atoms with E-state index in [9.17, 15) is 4.79 Å². The topological polar surface area (TPSA) is 46.9 Å². The number of thiazole rings is 1. The van der Waals surface area contributed by atoms with Crippen LogP contribution in [-0.4, -0.2) is 44.7 Å². The molecule has 0 aliphatic carbocycles. The molecule has 1 aromatic heterocycles. The van der Waals surface area contributed by atoms with E-state index in [1.165, 1.54) is 16.2 Å². The molecule has 7 heteroatoms. The minimum Gasteiger partial charge on any atom is -0.484 e. The van der Waals surface area contributed by atoms with Crippen LogP contribution >= 0.6 is 22.9 Å². The molecule has 0 aliphatic heterocycles. The van der Waals surface area contributed by atoms with Gasteiger partial charge in [0, 0.05) is 5.02 Å². The Hall–Kier alpha value is -2.15. The highest BCUT2D eigenvalue weighted by Crippen LogP contribution is 2.28. The Morgan fingerprint density at radius 3 is 2.62 bits per heavy atom. The van der Waals surface area contributed by atoms with E-state index in [0.717, 1.165) is 16.8 Å². The summed E-state index contributed by atoms with van der Waals surface area (Å²) in [7, 11) is 4.12. The maximum Gasteiger partial charge on any atom is 0.266 e. The summed E-state index contributed by atoms with van der Waals surface area (Å²) >= 11 is 7.40. The normalized spacial score (nSPS) is 11.1. The van der Waals surface area contributed by atoms with Crippen molar-refractivity contribution in [3.05, 3.63) is 53.6 Å². The fourth-order valence-corrected chi connectivity index (χ4v) is 3.53. The van der Waals surface area contributed by atoms with Gasteiger partial charge in [0.2, 0.25) is 0 Å². The van der Waals surface area contributed by atoms with E-state index in [4.69, 9.17) is 16.3 Å². The molecule has 2 aromatic carbocycles. The molecule has 3 rings (SSSR count). The number of likely N-dealkylation sites (N-methyl/N-ethyl adjacent to an activating group) is 1. The molecule has 0 saturated heterocycles. The molecule has 1 heterocycles. The highest BCUT2D eigenvalue weighted by Gasteiger charge is 2.21. The van der Waals surface area contributed by atoms with Gasteiger partial charge in [0.25, 0.3) is 5.91 Å². The molecular formula is C19H21ClN3O2S+. The van der Waals surface area contributed by atoms with Crippen molar-refractivity contribution in [2.45, 2.75) is 0 Å². The van der Waals surface area contributed by atoms with Crippen LogP contribution in [0, 0.1) is 0 Å². The van der Waals surface area contributed by atoms with Gasteiger partial charge in [-0.15, -0.1) is 0 Å². The van der Waals surface area contributed by atoms with E-state index in [-0.39, 0.29) is 12.5 Å². The van der Waals surface area contributed by atoms with Crippen LogP contribution in [0.25, 0.3) is 10.2 Å². The Labute approximate surface area is 161 Å². The van der Waals surface area contributed by atoms with Gasteiger partial charge in [0.1, 0.15) is 5.75 Å². The van der Waals surface area contributed by atoms with Gasteiger partial charge in [-0.3, -0.25) is 9.69 Å². The van der Waals surface area contributed by atoms with Gasteiger partial charge in [-0.25, -0.2) is 4.98 Å². The molecule has 26 heavy (non-hydrogen) atoms. The highest BCUT2D eigenvalue weighted by molar-refractivity contribution is 7.22. The molecule has 0 saturated carbocycles. The summed E-state index contributed by atoms with van der Waals surface area (Å²) in [4.78, 5) is 20.4. The third-order valence-corrected chi connectivity index (χ3v) is 5.14. The van der Waals surface area contributed by atoms with Crippen molar-refractivity contribution < 1.29 is 14.4 Å². The molecule has 0 aliphatic rings. The first kappa shape index (κ1) is 18.6. The first-order valence-corrected chi connectivity index (χ1v) is 9.56. The molecule has 0 unspecified atom stereocenters. The largest absolute Gasteiger partial charge is 0.484 e. The summed E-state index contributed by atoms with van der Waals surface area (Å²) in [5, 5.41) is 1.34. The Kier molecular flexibility index (Phi) is 6.08. The van der Waals surface area contributed by atoms with E-state index >= 15 is 0 Å². The second-order valence-corrected chi connectivity index (χ2v) is 7.65. The quantitative estimate of drug-likeness (QED) is 0.674. The van der Waals surface area contributed by atoms with Crippen LogP contribution in [-0.2, 0) is 4.79 Å². The van der Waals surface area contributed by atoms with Crippen LogP contribution in [0.4, 0.5) is 5.13 Å². The predicted octanol–water partition coefficient (Wildman–Crippen LogP) is 2.51. The van der Waals surface area contributed by atoms with Crippen LogP contribution in [0.3, 0.4) is 0 Å². The van der Waals surface area contributed by atoms with Gasteiger partial charge in [-0.05, 0) is 36.4 Å². The molecule has 0 bridgehead atoms. The number of hydrogen-bond donors (Lipinski definition) is 1. The van der Waals surface area contributed by atoms with Gasteiger partial charge >= 0.3 is 0 Å². The van der Waals surface area contributed by atoms with Crippen LogP contribution in [0.1, 0.15) is 0 Å².